The molecule has 1 fully saturated rings. The monoisotopic (exact) mass is 258 g/mol. The van der Waals surface area contributed by atoms with Crippen LogP contribution in [-0.4, -0.2) is 22.8 Å². The molecule has 0 spiro atoms. The summed E-state index contributed by atoms with van der Waals surface area (Å²) in [7, 11) is 0. The van der Waals surface area contributed by atoms with Gasteiger partial charge in [0.1, 0.15) is 11.2 Å². The Kier molecular flexibility index (Phi) is 4.28. The van der Waals surface area contributed by atoms with Crippen molar-refractivity contribution in [1.29, 1.82) is 0 Å². The van der Waals surface area contributed by atoms with E-state index in [1.807, 2.05) is 34.6 Å². The van der Waals surface area contributed by atoms with Gasteiger partial charge in [0.2, 0.25) is 0 Å². The number of carbonyl (C=O) groups is 1. The second kappa shape index (κ2) is 5.05. The zero-order valence-electron chi connectivity index (χ0n) is 12.1. The topological polar surface area (TPSA) is 73.6 Å². The Morgan fingerprint density at radius 2 is 1.67 bits per heavy atom. The molecule has 0 aliphatic heterocycles. The Bertz CT molecular complexity index is 302. The van der Waals surface area contributed by atoms with Crippen molar-refractivity contribution in [2.24, 2.45) is 5.90 Å². The van der Waals surface area contributed by atoms with Gasteiger partial charge in [-0.1, -0.05) is 12.8 Å². The molecule has 0 bridgehead atoms. The third-order valence-corrected chi connectivity index (χ3v) is 3.64. The molecule has 1 rings (SSSR count). The molecule has 0 radical (unpaired) electrons. The van der Waals surface area contributed by atoms with E-state index in [1.54, 1.807) is 0 Å². The maximum atomic E-state index is 12.0. The molecule has 3 N–H and O–H groups in total. The molecule has 0 saturated heterocycles. The van der Waals surface area contributed by atoms with Crippen molar-refractivity contribution in [1.82, 2.24) is 5.32 Å². The van der Waals surface area contributed by atoms with E-state index in [0.29, 0.717) is 0 Å². The number of rotatable bonds is 3. The minimum Gasteiger partial charge on any atom is -0.444 e. The molecule has 0 atom stereocenters. The summed E-state index contributed by atoms with van der Waals surface area (Å²) < 4.78 is 5.32. The first-order chi connectivity index (χ1) is 8.12. The summed E-state index contributed by atoms with van der Waals surface area (Å²) in [5, 5.41) is 2.97. The van der Waals surface area contributed by atoms with Gasteiger partial charge in [0.05, 0.1) is 5.54 Å². The van der Waals surface area contributed by atoms with Crippen molar-refractivity contribution in [2.45, 2.75) is 77.0 Å². The second-order valence-corrected chi connectivity index (χ2v) is 6.54. The lowest BCUT2D eigenvalue weighted by molar-refractivity contribution is -0.0874. The number of alkyl carbamates (subject to hydrolysis) is 1. The fraction of sp³-hybridized carbons (Fsp3) is 0.923. The number of nitrogens with two attached hydrogens (primary N) is 1. The zero-order chi connectivity index (χ0) is 14.0. The molecule has 1 saturated carbocycles. The molecule has 106 valence electrons. The summed E-state index contributed by atoms with van der Waals surface area (Å²) in [5.74, 6) is 5.38. The average molecular weight is 258 g/mol. The number of carbonyl (C=O) groups excluding carboxylic acids is 1. The van der Waals surface area contributed by atoms with Crippen LogP contribution in [0.1, 0.15) is 60.3 Å². The number of hydrogen-bond donors (Lipinski definition) is 2. The average Bonchev–Trinajstić information content (AvgIpc) is 2.64. The van der Waals surface area contributed by atoms with Crippen LogP contribution >= 0.6 is 0 Å². The number of nitrogens with one attached hydrogen (secondary N) is 1. The van der Waals surface area contributed by atoms with Crippen LogP contribution in [0.5, 0.6) is 0 Å². The fourth-order valence-electron chi connectivity index (χ4n) is 2.47. The molecule has 1 aliphatic rings. The molecular weight excluding hydrogens is 232 g/mol. The molecular formula is C13H26N2O3. The highest BCUT2D eigenvalue weighted by Crippen LogP contribution is 2.39. The van der Waals surface area contributed by atoms with Gasteiger partial charge in [0, 0.05) is 0 Å². The highest BCUT2D eigenvalue weighted by atomic mass is 16.6. The molecule has 0 unspecified atom stereocenters. The Hall–Kier alpha value is -0.810. The van der Waals surface area contributed by atoms with E-state index < -0.39 is 22.8 Å². The largest absolute Gasteiger partial charge is 0.444 e. The van der Waals surface area contributed by atoms with Gasteiger partial charge in [0.15, 0.2) is 0 Å². The quantitative estimate of drug-likeness (QED) is 0.763. The van der Waals surface area contributed by atoms with Gasteiger partial charge in [0.25, 0.3) is 0 Å². The van der Waals surface area contributed by atoms with Gasteiger partial charge >= 0.3 is 6.09 Å². The van der Waals surface area contributed by atoms with E-state index in [1.165, 1.54) is 0 Å². The van der Waals surface area contributed by atoms with Crippen LogP contribution in [0.2, 0.25) is 0 Å². The lowest BCUT2D eigenvalue weighted by Gasteiger charge is -2.43. The first kappa shape index (κ1) is 15.2. The molecule has 18 heavy (non-hydrogen) atoms. The highest BCUT2D eigenvalue weighted by Gasteiger charge is 2.49. The van der Waals surface area contributed by atoms with Crippen LogP contribution in [0, 0.1) is 0 Å². The Balaban J connectivity index is 2.79. The summed E-state index contributed by atoms with van der Waals surface area (Å²) in [6, 6.07) is 0. The van der Waals surface area contributed by atoms with Crippen molar-refractivity contribution in [3.63, 3.8) is 0 Å². The van der Waals surface area contributed by atoms with E-state index >= 15 is 0 Å². The molecule has 5 heteroatoms. The Morgan fingerprint density at radius 3 is 2.06 bits per heavy atom. The summed E-state index contributed by atoms with van der Waals surface area (Å²) >= 11 is 0. The Labute approximate surface area is 109 Å². The second-order valence-electron chi connectivity index (χ2n) is 6.54. The molecule has 5 nitrogen and oxygen atoms in total. The number of amides is 1. The number of ether oxygens (including phenoxy) is 1. The minimum atomic E-state index is -0.611. The summed E-state index contributed by atoms with van der Waals surface area (Å²) in [4.78, 5) is 17.0. The molecule has 0 aromatic heterocycles. The number of hydrogen-bond acceptors (Lipinski definition) is 4. The van der Waals surface area contributed by atoms with Crippen LogP contribution in [0.4, 0.5) is 4.79 Å². The first-order valence-corrected chi connectivity index (χ1v) is 6.51. The maximum absolute atomic E-state index is 12.0. The van der Waals surface area contributed by atoms with Gasteiger partial charge in [-0.3, -0.25) is 4.84 Å². The van der Waals surface area contributed by atoms with Crippen LogP contribution in [0.3, 0.4) is 0 Å². The minimum absolute atomic E-state index is 0.408. The van der Waals surface area contributed by atoms with Gasteiger partial charge in [-0.25, -0.2) is 10.7 Å². The van der Waals surface area contributed by atoms with Crippen LogP contribution in [0.15, 0.2) is 0 Å². The van der Waals surface area contributed by atoms with Crippen molar-refractivity contribution >= 4 is 6.09 Å². The van der Waals surface area contributed by atoms with Crippen LogP contribution in [0.25, 0.3) is 0 Å². The summed E-state index contributed by atoms with van der Waals surface area (Å²) in [5.41, 5.74) is -1.55. The molecule has 1 amide bonds. The Morgan fingerprint density at radius 1 is 1.17 bits per heavy atom. The van der Waals surface area contributed by atoms with E-state index in [9.17, 15) is 4.79 Å². The molecule has 0 aromatic rings. The summed E-state index contributed by atoms with van der Waals surface area (Å²) in [6.45, 7) is 9.33. The third kappa shape index (κ3) is 3.36. The normalized spacial score (nSPS) is 19.7. The summed E-state index contributed by atoms with van der Waals surface area (Å²) in [6.07, 6.45) is 3.42. The van der Waals surface area contributed by atoms with Crippen molar-refractivity contribution in [3.05, 3.63) is 0 Å². The van der Waals surface area contributed by atoms with Crippen LogP contribution in [-0.2, 0) is 9.57 Å². The molecule has 0 aromatic carbocycles. The van der Waals surface area contributed by atoms with Crippen molar-refractivity contribution in [2.75, 3.05) is 0 Å². The van der Waals surface area contributed by atoms with E-state index in [4.69, 9.17) is 15.5 Å². The lowest BCUT2D eigenvalue weighted by atomic mass is 9.80. The van der Waals surface area contributed by atoms with Gasteiger partial charge < -0.3 is 10.1 Å². The zero-order valence-corrected chi connectivity index (χ0v) is 12.1. The lowest BCUT2D eigenvalue weighted by Crippen LogP contribution is -2.62. The van der Waals surface area contributed by atoms with Crippen LogP contribution < -0.4 is 11.2 Å². The smallest absolute Gasteiger partial charge is 0.408 e. The van der Waals surface area contributed by atoms with Crippen molar-refractivity contribution < 1.29 is 14.4 Å². The third-order valence-electron chi connectivity index (χ3n) is 3.64. The van der Waals surface area contributed by atoms with Gasteiger partial charge in [-0.05, 0) is 47.5 Å². The maximum Gasteiger partial charge on any atom is 0.408 e. The van der Waals surface area contributed by atoms with E-state index in [2.05, 4.69) is 5.32 Å². The predicted molar refractivity (Wildman–Crippen MR) is 69.9 cm³/mol. The van der Waals surface area contributed by atoms with Gasteiger partial charge in [-0.2, -0.15) is 0 Å². The molecule has 1 aliphatic carbocycles. The van der Waals surface area contributed by atoms with Gasteiger partial charge in [-0.15, -0.1) is 0 Å². The fourth-order valence-corrected chi connectivity index (χ4v) is 2.47. The molecule has 0 heterocycles. The standard InChI is InChI=1S/C13H26N2O3/c1-11(2,3)17-10(16)15-13(8-6-7-9-13)12(4,5)18-14/h6-9,14H2,1-5H3,(H,15,16). The van der Waals surface area contributed by atoms with E-state index in [-0.39, 0.29) is 0 Å². The predicted octanol–water partition coefficient (Wildman–Crippen LogP) is 2.49. The van der Waals surface area contributed by atoms with E-state index in [0.717, 1.165) is 25.7 Å². The highest BCUT2D eigenvalue weighted by molar-refractivity contribution is 5.69. The van der Waals surface area contributed by atoms with Crippen molar-refractivity contribution in [3.8, 4) is 0 Å². The SMILES string of the molecule is CC(C)(C)OC(=O)NC1(C(C)(C)ON)CCCC1. The first-order valence-electron chi connectivity index (χ1n) is 6.51.